The van der Waals surface area contributed by atoms with Crippen LogP contribution in [0.2, 0.25) is 0 Å². The van der Waals surface area contributed by atoms with Crippen molar-refractivity contribution in [1.82, 2.24) is 14.8 Å². The van der Waals surface area contributed by atoms with Crippen LogP contribution in [-0.4, -0.2) is 54.0 Å². The molecule has 37 heavy (non-hydrogen) atoms. The molecule has 0 aliphatic carbocycles. The number of benzene rings is 2. The number of nitrogens with two attached hydrogens (primary N) is 1. The van der Waals surface area contributed by atoms with Crippen molar-refractivity contribution in [3.05, 3.63) is 83.2 Å². The molecule has 1 aromatic heterocycles. The number of urea groups is 1. The molecular weight excluding hydrogens is 474 g/mol. The molecule has 3 heterocycles. The predicted octanol–water partition coefficient (Wildman–Crippen LogP) is 4.17. The molecule has 7 nitrogen and oxygen atoms in total. The van der Waals surface area contributed by atoms with Gasteiger partial charge in [0.1, 0.15) is 11.6 Å². The van der Waals surface area contributed by atoms with Crippen LogP contribution in [-0.2, 0) is 6.54 Å². The molecule has 2 saturated heterocycles. The third kappa shape index (κ3) is 5.17. The maximum Gasteiger partial charge on any atom is 0.321 e. The van der Waals surface area contributed by atoms with Crippen LogP contribution in [0.25, 0.3) is 11.1 Å². The van der Waals surface area contributed by atoms with E-state index in [0.29, 0.717) is 25.2 Å². The number of hydrogen-bond donors (Lipinski definition) is 2. The number of piperidine rings is 2. The van der Waals surface area contributed by atoms with Gasteiger partial charge >= 0.3 is 6.03 Å². The first-order valence-electron chi connectivity index (χ1n) is 12.2. The minimum Gasteiger partial charge on any atom is -0.326 e. The third-order valence-corrected chi connectivity index (χ3v) is 7.30. The summed E-state index contributed by atoms with van der Waals surface area (Å²) in [6.45, 7) is 3.01. The standard InChI is InChI=1S/C28H28F2N6O/c1-35-13-20-15-36(28(37)34-24-8-22(29)7-23(30)9-24)16-21(14-35)27(20)26-5-3-18(12-33-26)25-4-2-17(10-31)6-19(25)11-32/h2-9,12,20-21,27H,10,13-16,31H2,1H3,(H,34,37). The fourth-order valence-corrected chi connectivity index (χ4v) is 5.77. The molecular formula is C28H28F2N6O. The molecule has 3 aromatic rings. The summed E-state index contributed by atoms with van der Waals surface area (Å²) in [7, 11) is 2.08. The van der Waals surface area contributed by atoms with Crippen LogP contribution in [0.3, 0.4) is 0 Å². The number of hydrogen-bond acceptors (Lipinski definition) is 5. The molecule has 2 fully saturated rings. The zero-order chi connectivity index (χ0) is 26.1. The van der Waals surface area contributed by atoms with Gasteiger partial charge in [0.15, 0.2) is 0 Å². The molecule has 2 aliphatic rings. The van der Waals surface area contributed by atoms with Gasteiger partial charge in [-0.15, -0.1) is 0 Å². The molecule has 2 aromatic carbocycles. The van der Waals surface area contributed by atoms with Gasteiger partial charge in [0.2, 0.25) is 0 Å². The van der Waals surface area contributed by atoms with E-state index in [0.717, 1.165) is 53.7 Å². The molecule has 0 radical (unpaired) electrons. The van der Waals surface area contributed by atoms with Crippen molar-refractivity contribution in [2.45, 2.75) is 12.5 Å². The number of amides is 2. The van der Waals surface area contributed by atoms with Crippen molar-refractivity contribution < 1.29 is 13.6 Å². The third-order valence-electron chi connectivity index (χ3n) is 7.30. The Bertz CT molecular complexity index is 1320. The number of likely N-dealkylation sites (tertiary alicyclic amines) is 2. The zero-order valence-electron chi connectivity index (χ0n) is 20.5. The van der Waals surface area contributed by atoms with Gasteiger partial charge in [-0.25, -0.2) is 13.6 Å². The van der Waals surface area contributed by atoms with Gasteiger partial charge < -0.3 is 20.9 Å². The maximum atomic E-state index is 13.6. The van der Waals surface area contributed by atoms with Crippen LogP contribution in [0, 0.1) is 34.8 Å². The number of nitrogens with zero attached hydrogens (tertiary/aromatic N) is 4. The van der Waals surface area contributed by atoms with E-state index in [1.807, 2.05) is 36.5 Å². The van der Waals surface area contributed by atoms with Crippen molar-refractivity contribution in [3.8, 4) is 17.2 Å². The van der Waals surface area contributed by atoms with E-state index in [1.165, 1.54) is 0 Å². The van der Waals surface area contributed by atoms with Gasteiger partial charge in [0.05, 0.1) is 11.6 Å². The smallest absolute Gasteiger partial charge is 0.321 e. The number of aromatic nitrogens is 1. The fraction of sp³-hybridized carbons (Fsp3) is 0.321. The van der Waals surface area contributed by atoms with Crippen molar-refractivity contribution in [2.24, 2.45) is 17.6 Å². The van der Waals surface area contributed by atoms with Crippen LogP contribution in [0.15, 0.2) is 54.7 Å². The Balaban J connectivity index is 1.34. The number of halogens is 2. The van der Waals surface area contributed by atoms with Crippen molar-refractivity contribution >= 4 is 11.7 Å². The van der Waals surface area contributed by atoms with E-state index in [2.05, 4.69) is 23.3 Å². The van der Waals surface area contributed by atoms with Gasteiger partial charge in [-0.1, -0.05) is 18.2 Å². The summed E-state index contributed by atoms with van der Waals surface area (Å²) < 4.78 is 27.1. The zero-order valence-corrected chi connectivity index (χ0v) is 20.5. The topological polar surface area (TPSA) is 98.3 Å². The minimum atomic E-state index is -0.737. The SMILES string of the molecule is CN1CC2CN(C(=O)Nc3cc(F)cc(F)c3)CC(C1)C2c1ccc(-c2ccc(CN)cc2C#N)cn1. The summed E-state index contributed by atoms with van der Waals surface area (Å²) in [5, 5.41) is 12.2. The van der Waals surface area contributed by atoms with Crippen molar-refractivity contribution in [1.29, 1.82) is 5.26 Å². The highest BCUT2D eigenvalue weighted by Crippen LogP contribution is 2.41. The predicted molar refractivity (Wildman–Crippen MR) is 136 cm³/mol. The first-order valence-corrected chi connectivity index (χ1v) is 12.2. The van der Waals surface area contributed by atoms with E-state index in [4.69, 9.17) is 10.7 Å². The molecule has 2 atom stereocenters. The minimum absolute atomic E-state index is 0.0976. The number of carbonyl (C=O) groups is 1. The summed E-state index contributed by atoms with van der Waals surface area (Å²) in [4.78, 5) is 21.8. The Labute approximate surface area is 214 Å². The lowest BCUT2D eigenvalue weighted by atomic mass is 9.72. The normalized spacial score (nSPS) is 21.4. The molecule has 2 aliphatic heterocycles. The van der Waals surface area contributed by atoms with Gasteiger partial charge in [-0.05, 0) is 48.7 Å². The first-order chi connectivity index (χ1) is 17.8. The second-order valence-electron chi connectivity index (χ2n) is 9.93. The molecule has 9 heteroatoms. The fourth-order valence-electron chi connectivity index (χ4n) is 5.77. The van der Waals surface area contributed by atoms with Crippen molar-refractivity contribution in [2.75, 3.05) is 38.5 Å². The van der Waals surface area contributed by atoms with Crippen molar-refractivity contribution in [3.63, 3.8) is 0 Å². The summed E-state index contributed by atoms with van der Waals surface area (Å²) in [6, 6.07) is 14.5. The Morgan fingerprint density at radius 2 is 1.78 bits per heavy atom. The van der Waals surface area contributed by atoms with Crippen LogP contribution in [0.5, 0.6) is 0 Å². The molecule has 190 valence electrons. The van der Waals surface area contributed by atoms with E-state index in [-0.39, 0.29) is 29.5 Å². The Kier molecular flexibility index (Phi) is 6.87. The molecule has 2 amide bonds. The monoisotopic (exact) mass is 502 g/mol. The highest BCUT2D eigenvalue weighted by Gasteiger charge is 2.44. The number of nitrogens with one attached hydrogen (secondary N) is 1. The number of fused-ring (bicyclic) bond motifs is 2. The summed E-state index contributed by atoms with van der Waals surface area (Å²) in [6.07, 6.45) is 1.81. The first kappa shape index (κ1) is 24.8. The van der Waals surface area contributed by atoms with Gasteiger partial charge in [-0.3, -0.25) is 4.98 Å². The summed E-state index contributed by atoms with van der Waals surface area (Å²) in [5.74, 6) is -0.983. The number of pyridine rings is 1. The van der Waals surface area contributed by atoms with E-state index < -0.39 is 11.6 Å². The van der Waals surface area contributed by atoms with Gasteiger partial charge in [-0.2, -0.15) is 5.26 Å². The molecule has 0 saturated carbocycles. The van der Waals surface area contributed by atoms with E-state index in [9.17, 15) is 18.8 Å². The molecule has 2 bridgehead atoms. The van der Waals surface area contributed by atoms with Crippen LogP contribution < -0.4 is 11.1 Å². The second kappa shape index (κ2) is 10.2. The summed E-state index contributed by atoms with van der Waals surface area (Å²) >= 11 is 0. The Morgan fingerprint density at radius 1 is 1.08 bits per heavy atom. The summed E-state index contributed by atoms with van der Waals surface area (Å²) in [5.41, 5.74) is 9.93. The quantitative estimate of drug-likeness (QED) is 0.558. The van der Waals surface area contributed by atoms with Crippen LogP contribution in [0.1, 0.15) is 22.7 Å². The van der Waals surface area contributed by atoms with Crippen LogP contribution >= 0.6 is 0 Å². The molecule has 5 rings (SSSR count). The Hall–Kier alpha value is -3.87. The second-order valence-corrected chi connectivity index (χ2v) is 9.93. The highest BCUT2D eigenvalue weighted by atomic mass is 19.1. The number of nitriles is 1. The van der Waals surface area contributed by atoms with E-state index >= 15 is 0 Å². The lowest BCUT2D eigenvalue weighted by molar-refractivity contribution is 0.0387. The van der Waals surface area contributed by atoms with Crippen LogP contribution in [0.4, 0.5) is 19.3 Å². The Morgan fingerprint density at radius 3 is 2.38 bits per heavy atom. The van der Waals surface area contributed by atoms with Gasteiger partial charge in [0.25, 0.3) is 0 Å². The molecule has 2 unspecified atom stereocenters. The number of rotatable bonds is 4. The molecule has 0 spiro atoms. The average molecular weight is 503 g/mol. The highest BCUT2D eigenvalue weighted by molar-refractivity contribution is 5.89. The lowest BCUT2D eigenvalue weighted by Gasteiger charge is -2.49. The van der Waals surface area contributed by atoms with E-state index in [1.54, 1.807) is 4.90 Å². The average Bonchev–Trinajstić information content (AvgIpc) is 2.87. The molecule has 3 N–H and O–H groups in total. The maximum absolute atomic E-state index is 13.6. The lowest BCUT2D eigenvalue weighted by Crippen LogP contribution is -2.57. The number of anilines is 1. The number of carbonyl (C=O) groups excluding carboxylic acids is 1. The van der Waals surface area contributed by atoms with Gasteiger partial charge in [0, 0.05) is 73.4 Å². The largest absolute Gasteiger partial charge is 0.326 e.